The molecule has 0 amide bonds. The fourth-order valence-electron chi connectivity index (χ4n) is 2.32. The van der Waals surface area contributed by atoms with Crippen LogP contribution in [0.2, 0.25) is 0 Å². The fourth-order valence-corrected chi connectivity index (χ4v) is 2.32. The van der Waals surface area contributed by atoms with Crippen LogP contribution in [0.25, 0.3) is 0 Å². The smallest absolute Gasteiger partial charge is 0.125 e. The molecule has 5 nitrogen and oxygen atoms in total. The summed E-state index contributed by atoms with van der Waals surface area (Å²) in [5, 5.41) is 3.69. The van der Waals surface area contributed by atoms with Crippen molar-refractivity contribution in [2.75, 3.05) is 13.7 Å². The van der Waals surface area contributed by atoms with E-state index >= 15 is 0 Å². The third-order valence-corrected chi connectivity index (χ3v) is 3.54. The average Bonchev–Trinajstić information content (AvgIpc) is 2.60. The quantitative estimate of drug-likeness (QED) is 0.410. The molecule has 0 saturated heterocycles. The maximum absolute atomic E-state index is 5.99. The zero-order chi connectivity index (χ0) is 18.1. The third kappa shape index (κ3) is 5.64. The maximum atomic E-state index is 5.99. The van der Waals surface area contributed by atoms with Crippen LogP contribution in [0.1, 0.15) is 29.3 Å². The van der Waals surface area contributed by atoms with Gasteiger partial charge in [0.2, 0.25) is 0 Å². The lowest BCUT2D eigenvalue weighted by molar-refractivity contribution is 0.215. The van der Waals surface area contributed by atoms with Crippen LogP contribution in [0.5, 0.6) is 11.5 Å². The van der Waals surface area contributed by atoms with Gasteiger partial charge in [-0.25, -0.2) is 0 Å². The first-order chi connectivity index (χ1) is 12.1. The SMILES string of the molecule is C/C=C/COc1cc(C)c(OCc2ccc(/C=N/OC)nc2)c(C)c1. The van der Waals surface area contributed by atoms with Gasteiger partial charge in [-0.05, 0) is 50.1 Å². The van der Waals surface area contributed by atoms with Gasteiger partial charge in [0.1, 0.15) is 31.8 Å². The monoisotopic (exact) mass is 340 g/mol. The van der Waals surface area contributed by atoms with Gasteiger partial charge in [-0.15, -0.1) is 0 Å². The van der Waals surface area contributed by atoms with Crippen LogP contribution < -0.4 is 9.47 Å². The minimum atomic E-state index is 0.454. The van der Waals surface area contributed by atoms with Crippen LogP contribution in [-0.2, 0) is 11.4 Å². The Morgan fingerprint density at radius 1 is 1.12 bits per heavy atom. The molecule has 0 aliphatic heterocycles. The molecular formula is C20H24N2O3. The van der Waals surface area contributed by atoms with Crippen molar-refractivity contribution >= 4 is 6.21 Å². The molecule has 0 atom stereocenters. The van der Waals surface area contributed by atoms with E-state index in [9.17, 15) is 0 Å². The number of allylic oxidation sites excluding steroid dienone is 1. The molecule has 0 aliphatic rings. The zero-order valence-corrected chi connectivity index (χ0v) is 15.2. The van der Waals surface area contributed by atoms with Crippen LogP contribution in [0.15, 0.2) is 47.8 Å². The molecule has 0 unspecified atom stereocenters. The highest BCUT2D eigenvalue weighted by molar-refractivity contribution is 5.76. The van der Waals surface area contributed by atoms with Crippen LogP contribution in [-0.4, -0.2) is 24.9 Å². The molecule has 0 fully saturated rings. The highest BCUT2D eigenvalue weighted by Crippen LogP contribution is 2.29. The zero-order valence-electron chi connectivity index (χ0n) is 15.2. The van der Waals surface area contributed by atoms with Gasteiger partial charge in [-0.1, -0.05) is 23.4 Å². The van der Waals surface area contributed by atoms with E-state index in [2.05, 4.69) is 15.0 Å². The number of nitrogens with zero attached hydrogens (tertiary/aromatic N) is 2. The number of aromatic nitrogens is 1. The number of ether oxygens (including phenoxy) is 2. The van der Waals surface area contributed by atoms with Crippen LogP contribution >= 0.6 is 0 Å². The van der Waals surface area contributed by atoms with Gasteiger partial charge in [-0.3, -0.25) is 4.98 Å². The number of aryl methyl sites for hydroxylation is 2. The lowest BCUT2D eigenvalue weighted by atomic mass is 10.1. The molecule has 0 aliphatic carbocycles. The molecule has 1 aromatic carbocycles. The molecule has 2 rings (SSSR count). The van der Waals surface area contributed by atoms with Crippen molar-refractivity contribution in [1.29, 1.82) is 0 Å². The van der Waals surface area contributed by atoms with E-state index in [4.69, 9.17) is 9.47 Å². The van der Waals surface area contributed by atoms with Crippen LogP contribution in [0, 0.1) is 13.8 Å². The summed E-state index contributed by atoms with van der Waals surface area (Å²) in [4.78, 5) is 8.93. The van der Waals surface area contributed by atoms with Crippen molar-refractivity contribution in [1.82, 2.24) is 4.98 Å². The molecular weight excluding hydrogens is 316 g/mol. The highest BCUT2D eigenvalue weighted by atomic mass is 16.6. The number of oxime groups is 1. The highest BCUT2D eigenvalue weighted by Gasteiger charge is 2.08. The molecule has 1 aromatic heterocycles. The molecule has 1 heterocycles. The maximum Gasteiger partial charge on any atom is 0.125 e. The second-order valence-corrected chi connectivity index (χ2v) is 5.56. The lowest BCUT2D eigenvalue weighted by Gasteiger charge is -2.14. The summed E-state index contributed by atoms with van der Waals surface area (Å²) < 4.78 is 11.7. The van der Waals surface area contributed by atoms with Crippen molar-refractivity contribution in [3.63, 3.8) is 0 Å². The van der Waals surface area contributed by atoms with E-state index in [1.165, 1.54) is 7.11 Å². The summed E-state index contributed by atoms with van der Waals surface area (Å²) in [6.07, 6.45) is 7.28. The topological polar surface area (TPSA) is 52.9 Å². The molecule has 0 spiro atoms. The molecule has 2 aromatic rings. The van der Waals surface area contributed by atoms with Gasteiger partial charge >= 0.3 is 0 Å². The average molecular weight is 340 g/mol. The second kappa shape index (κ2) is 9.47. The summed E-state index contributed by atoms with van der Waals surface area (Å²) in [5.41, 5.74) is 3.82. The largest absolute Gasteiger partial charge is 0.490 e. The Morgan fingerprint density at radius 3 is 2.48 bits per heavy atom. The van der Waals surface area contributed by atoms with Gasteiger partial charge in [0.15, 0.2) is 0 Å². The Kier molecular flexibility index (Phi) is 7.01. The molecule has 25 heavy (non-hydrogen) atoms. The number of hydrogen-bond donors (Lipinski definition) is 0. The van der Waals surface area contributed by atoms with Crippen molar-refractivity contribution in [2.24, 2.45) is 5.16 Å². The summed E-state index contributed by atoms with van der Waals surface area (Å²) in [6, 6.07) is 7.82. The normalized spacial score (nSPS) is 11.2. The first-order valence-corrected chi connectivity index (χ1v) is 8.13. The third-order valence-electron chi connectivity index (χ3n) is 3.54. The van der Waals surface area contributed by atoms with E-state index < -0.39 is 0 Å². The van der Waals surface area contributed by atoms with E-state index in [1.807, 2.05) is 57.2 Å². The first-order valence-electron chi connectivity index (χ1n) is 8.13. The number of hydrogen-bond acceptors (Lipinski definition) is 5. The van der Waals surface area contributed by atoms with Crippen LogP contribution in [0.4, 0.5) is 0 Å². The Hall–Kier alpha value is -2.82. The minimum Gasteiger partial charge on any atom is -0.490 e. The summed E-state index contributed by atoms with van der Waals surface area (Å²) in [5.74, 6) is 1.73. The van der Waals surface area contributed by atoms with Crippen molar-refractivity contribution < 1.29 is 14.3 Å². The number of benzene rings is 1. The van der Waals surface area contributed by atoms with E-state index in [0.717, 1.165) is 33.9 Å². The summed E-state index contributed by atoms with van der Waals surface area (Å²) >= 11 is 0. The van der Waals surface area contributed by atoms with E-state index in [-0.39, 0.29) is 0 Å². The molecule has 0 saturated carbocycles. The van der Waals surface area contributed by atoms with Crippen LogP contribution in [0.3, 0.4) is 0 Å². The Morgan fingerprint density at radius 2 is 1.88 bits per heavy atom. The van der Waals surface area contributed by atoms with E-state index in [0.29, 0.717) is 13.2 Å². The molecule has 5 heteroatoms. The minimum absolute atomic E-state index is 0.454. The predicted octanol–water partition coefficient (Wildman–Crippen LogP) is 4.21. The molecule has 0 bridgehead atoms. The van der Waals surface area contributed by atoms with Gasteiger partial charge in [0.05, 0.1) is 11.9 Å². The van der Waals surface area contributed by atoms with Crippen molar-refractivity contribution in [3.8, 4) is 11.5 Å². The predicted molar refractivity (Wildman–Crippen MR) is 99.4 cm³/mol. The molecule has 132 valence electrons. The van der Waals surface area contributed by atoms with E-state index in [1.54, 1.807) is 12.4 Å². The van der Waals surface area contributed by atoms with Crippen molar-refractivity contribution in [2.45, 2.75) is 27.4 Å². The van der Waals surface area contributed by atoms with Crippen molar-refractivity contribution in [3.05, 3.63) is 65.0 Å². The lowest BCUT2D eigenvalue weighted by Crippen LogP contribution is -2.01. The van der Waals surface area contributed by atoms with Gasteiger partial charge < -0.3 is 14.3 Å². The summed E-state index contributed by atoms with van der Waals surface area (Å²) in [6.45, 7) is 7.04. The summed E-state index contributed by atoms with van der Waals surface area (Å²) in [7, 11) is 1.50. The molecule has 0 radical (unpaired) electrons. The Bertz CT molecular complexity index is 714. The molecule has 0 N–H and O–H groups in total. The number of rotatable bonds is 8. The first kappa shape index (κ1) is 18.5. The second-order valence-electron chi connectivity index (χ2n) is 5.56. The fraction of sp³-hybridized carbons (Fsp3) is 0.300. The Balaban J connectivity index is 2.01. The van der Waals surface area contributed by atoms with Gasteiger partial charge in [-0.2, -0.15) is 0 Å². The number of pyridine rings is 1. The Labute approximate surface area is 148 Å². The van der Waals surface area contributed by atoms with Gasteiger partial charge in [0.25, 0.3) is 0 Å². The standard InChI is InChI=1S/C20H24N2O3/c1-5-6-9-24-19-10-15(2)20(16(3)11-19)25-14-17-7-8-18(21-12-17)13-22-23-4/h5-8,10-13H,9,14H2,1-4H3/b6-5+,22-13+. The van der Waals surface area contributed by atoms with Gasteiger partial charge in [0, 0.05) is 11.8 Å².